The van der Waals surface area contributed by atoms with Crippen molar-refractivity contribution in [1.29, 1.82) is 0 Å². The number of hydrogen-bond donors (Lipinski definition) is 1. The van der Waals surface area contributed by atoms with Crippen molar-refractivity contribution in [3.63, 3.8) is 0 Å². The maximum Gasteiger partial charge on any atom is 0.332 e. The van der Waals surface area contributed by atoms with Gasteiger partial charge in [0.2, 0.25) is 0 Å². The molecular formula is C24H27ClN2O2S. The number of aromatic nitrogens is 2. The van der Waals surface area contributed by atoms with E-state index in [1.54, 1.807) is 23.6 Å². The highest BCUT2D eigenvalue weighted by Gasteiger charge is 2.15. The number of unbranched alkanes of at least 4 members (excludes halogenated alkanes) is 3. The number of nitrogens with zero attached hydrogens (tertiary/aromatic N) is 2. The summed E-state index contributed by atoms with van der Waals surface area (Å²) in [4.78, 5) is 17.6. The van der Waals surface area contributed by atoms with Crippen LogP contribution in [-0.2, 0) is 24.2 Å². The summed E-state index contributed by atoms with van der Waals surface area (Å²) in [6, 6.07) is 11.7. The Morgan fingerprint density at radius 3 is 2.73 bits per heavy atom. The van der Waals surface area contributed by atoms with Gasteiger partial charge in [0.15, 0.2) is 0 Å². The first-order valence-electron chi connectivity index (χ1n) is 10.3. The first kappa shape index (κ1) is 22.3. The molecule has 2 aromatic heterocycles. The van der Waals surface area contributed by atoms with E-state index in [0.29, 0.717) is 23.6 Å². The standard InChI is InChI=1S/C24H27ClN2O2S/c1-2-3-4-5-12-23-26-16-20(27(23)17-18-9-6-7-11-22(18)25)14-19(24(28)29)15-21-10-8-13-30-21/h6-11,13-14,16H,2-5,12,15,17H2,1H3,(H,28,29)/b19-14-. The van der Waals surface area contributed by atoms with Gasteiger partial charge in [0.25, 0.3) is 0 Å². The lowest BCUT2D eigenvalue weighted by Crippen LogP contribution is -2.09. The van der Waals surface area contributed by atoms with Gasteiger partial charge in [0.1, 0.15) is 5.82 Å². The van der Waals surface area contributed by atoms with Crippen molar-refractivity contribution in [2.75, 3.05) is 0 Å². The minimum atomic E-state index is -0.904. The Morgan fingerprint density at radius 1 is 1.20 bits per heavy atom. The topological polar surface area (TPSA) is 55.1 Å². The number of carbonyl (C=O) groups is 1. The van der Waals surface area contributed by atoms with Gasteiger partial charge in [-0.1, -0.05) is 62.1 Å². The molecule has 30 heavy (non-hydrogen) atoms. The normalized spacial score (nSPS) is 11.7. The van der Waals surface area contributed by atoms with E-state index < -0.39 is 5.97 Å². The third-order valence-electron chi connectivity index (χ3n) is 5.05. The molecule has 0 unspecified atom stereocenters. The van der Waals surface area contributed by atoms with E-state index in [1.807, 2.05) is 41.8 Å². The molecule has 4 nitrogen and oxygen atoms in total. The molecule has 3 aromatic rings. The zero-order valence-electron chi connectivity index (χ0n) is 17.2. The van der Waals surface area contributed by atoms with Crippen molar-refractivity contribution in [2.45, 2.75) is 52.0 Å². The summed E-state index contributed by atoms with van der Waals surface area (Å²) < 4.78 is 2.10. The van der Waals surface area contributed by atoms with Crippen molar-refractivity contribution in [3.05, 3.63) is 80.5 Å². The van der Waals surface area contributed by atoms with Crippen LogP contribution in [0.1, 0.15) is 54.6 Å². The maximum absolute atomic E-state index is 11.9. The molecule has 0 fully saturated rings. The highest BCUT2D eigenvalue weighted by molar-refractivity contribution is 7.09. The van der Waals surface area contributed by atoms with E-state index in [1.165, 1.54) is 19.3 Å². The fourth-order valence-electron chi connectivity index (χ4n) is 3.40. The second kappa shape index (κ2) is 11.1. The maximum atomic E-state index is 11.9. The zero-order chi connectivity index (χ0) is 21.3. The van der Waals surface area contributed by atoms with E-state index in [-0.39, 0.29) is 0 Å². The predicted octanol–water partition coefficient (Wildman–Crippen LogP) is 6.48. The molecule has 0 bridgehead atoms. The Hall–Kier alpha value is -2.37. The Labute approximate surface area is 186 Å². The molecule has 0 radical (unpaired) electrons. The molecule has 3 rings (SSSR count). The Bertz CT molecular complexity index is 993. The summed E-state index contributed by atoms with van der Waals surface area (Å²) >= 11 is 7.97. The lowest BCUT2D eigenvalue weighted by Gasteiger charge is -2.12. The molecule has 0 saturated carbocycles. The molecule has 2 heterocycles. The number of carboxylic acids is 1. The van der Waals surface area contributed by atoms with Crippen LogP contribution >= 0.6 is 22.9 Å². The summed E-state index contributed by atoms with van der Waals surface area (Å²) in [5, 5.41) is 12.4. The molecule has 0 aliphatic carbocycles. The summed E-state index contributed by atoms with van der Waals surface area (Å²) in [7, 11) is 0. The minimum absolute atomic E-state index is 0.357. The van der Waals surface area contributed by atoms with E-state index in [0.717, 1.165) is 34.8 Å². The van der Waals surface area contributed by atoms with E-state index in [2.05, 4.69) is 16.5 Å². The lowest BCUT2D eigenvalue weighted by atomic mass is 10.1. The van der Waals surface area contributed by atoms with Gasteiger partial charge in [0, 0.05) is 28.3 Å². The first-order chi connectivity index (χ1) is 14.6. The number of halogens is 1. The number of aliphatic carboxylic acids is 1. The molecular weight excluding hydrogens is 416 g/mol. The molecule has 6 heteroatoms. The van der Waals surface area contributed by atoms with Gasteiger partial charge in [0.05, 0.1) is 18.4 Å². The Balaban J connectivity index is 1.92. The van der Waals surface area contributed by atoms with Crippen LogP contribution in [0.25, 0.3) is 6.08 Å². The van der Waals surface area contributed by atoms with Crippen LogP contribution in [-0.4, -0.2) is 20.6 Å². The highest BCUT2D eigenvalue weighted by Crippen LogP contribution is 2.22. The van der Waals surface area contributed by atoms with Crippen LogP contribution in [0.5, 0.6) is 0 Å². The molecule has 1 N–H and O–H groups in total. The third kappa shape index (κ3) is 6.07. The Kier molecular flexibility index (Phi) is 8.29. The van der Waals surface area contributed by atoms with Gasteiger partial charge in [-0.15, -0.1) is 11.3 Å². The average Bonchev–Trinajstić information content (AvgIpc) is 3.37. The molecule has 0 aliphatic heterocycles. The van der Waals surface area contributed by atoms with Crippen LogP contribution in [0.15, 0.2) is 53.5 Å². The van der Waals surface area contributed by atoms with Crippen molar-refractivity contribution in [3.8, 4) is 0 Å². The van der Waals surface area contributed by atoms with Crippen molar-refractivity contribution >= 4 is 35.0 Å². The van der Waals surface area contributed by atoms with Gasteiger partial charge in [-0.2, -0.15) is 0 Å². The number of benzene rings is 1. The van der Waals surface area contributed by atoms with E-state index in [9.17, 15) is 9.90 Å². The number of rotatable bonds is 11. The predicted molar refractivity (Wildman–Crippen MR) is 124 cm³/mol. The second-order valence-corrected chi connectivity index (χ2v) is 8.76. The Morgan fingerprint density at radius 2 is 2.03 bits per heavy atom. The van der Waals surface area contributed by atoms with Gasteiger partial charge in [-0.3, -0.25) is 0 Å². The highest BCUT2D eigenvalue weighted by atomic mass is 35.5. The molecule has 1 aromatic carbocycles. The summed E-state index contributed by atoms with van der Waals surface area (Å²) in [6.07, 6.45) is 9.43. The molecule has 0 spiro atoms. The fraction of sp³-hybridized carbons (Fsp3) is 0.333. The van der Waals surface area contributed by atoms with Crippen LogP contribution in [0.2, 0.25) is 5.02 Å². The van der Waals surface area contributed by atoms with Gasteiger partial charge < -0.3 is 9.67 Å². The SMILES string of the molecule is CCCCCCc1ncc(/C=C(/Cc2cccs2)C(=O)O)n1Cc1ccccc1Cl. The lowest BCUT2D eigenvalue weighted by molar-refractivity contribution is -0.132. The number of thiophene rings is 1. The number of carboxylic acid groups (broad SMARTS) is 1. The smallest absolute Gasteiger partial charge is 0.332 e. The average molecular weight is 443 g/mol. The molecule has 0 amide bonds. The summed E-state index contributed by atoms with van der Waals surface area (Å²) in [5.74, 6) is 0.0662. The fourth-order valence-corrected chi connectivity index (χ4v) is 4.32. The van der Waals surface area contributed by atoms with Crippen LogP contribution in [0.3, 0.4) is 0 Å². The van der Waals surface area contributed by atoms with E-state index in [4.69, 9.17) is 11.6 Å². The van der Waals surface area contributed by atoms with Crippen LogP contribution in [0, 0.1) is 0 Å². The van der Waals surface area contributed by atoms with Crippen LogP contribution < -0.4 is 0 Å². The molecule has 158 valence electrons. The van der Waals surface area contributed by atoms with Crippen molar-refractivity contribution < 1.29 is 9.90 Å². The quantitative estimate of drug-likeness (QED) is 0.273. The summed E-state index contributed by atoms with van der Waals surface area (Å²) in [6.45, 7) is 2.77. The largest absolute Gasteiger partial charge is 0.478 e. The van der Waals surface area contributed by atoms with Crippen molar-refractivity contribution in [1.82, 2.24) is 9.55 Å². The van der Waals surface area contributed by atoms with Crippen molar-refractivity contribution in [2.24, 2.45) is 0 Å². The molecule has 0 atom stereocenters. The monoisotopic (exact) mass is 442 g/mol. The minimum Gasteiger partial charge on any atom is -0.478 e. The van der Waals surface area contributed by atoms with Gasteiger partial charge >= 0.3 is 5.97 Å². The summed E-state index contributed by atoms with van der Waals surface area (Å²) in [5.41, 5.74) is 2.15. The second-order valence-electron chi connectivity index (χ2n) is 7.32. The molecule has 0 aliphatic rings. The number of imidazole rings is 1. The number of hydrogen-bond acceptors (Lipinski definition) is 3. The number of aryl methyl sites for hydroxylation is 1. The van der Waals surface area contributed by atoms with Gasteiger partial charge in [-0.25, -0.2) is 9.78 Å². The molecule has 0 saturated heterocycles. The first-order valence-corrected chi connectivity index (χ1v) is 11.6. The zero-order valence-corrected chi connectivity index (χ0v) is 18.8. The van der Waals surface area contributed by atoms with Gasteiger partial charge in [-0.05, 0) is 35.6 Å². The van der Waals surface area contributed by atoms with Crippen LogP contribution in [0.4, 0.5) is 0 Å². The van der Waals surface area contributed by atoms with E-state index >= 15 is 0 Å². The third-order valence-corrected chi connectivity index (χ3v) is 6.30.